The summed E-state index contributed by atoms with van der Waals surface area (Å²) in [6, 6.07) is 0. The molecule has 3 heteroatoms. The van der Waals surface area contributed by atoms with Gasteiger partial charge in [-0.25, -0.2) is 9.79 Å². The minimum Gasteiger partial charge on any atom is -0.477 e. The fourth-order valence-electron chi connectivity index (χ4n) is 0.566. The van der Waals surface area contributed by atoms with Crippen LogP contribution in [-0.4, -0.2) is 17.3 Å². The first kappa shape index (κ1) is 11.4. The highest BCUT2D eigenvalue weighted by molar-refractivity contribution is 5.89. The van der Waals surface area contributed by atoms with Crippen LogP contribution in [-0.2, 0) is 4.79 Å². The van der Waals surface area contributed by atoms with Crippen LogP contribution >= 0.6 is 0 Å². The fourth-order valence-corrected chi connectivity index (χ4v) is 0.566. The summed E-state index contributed by atoms with van der Waals surface area (Å²) in [7, 11) is 0. The zero-order valence-corrected chi connectivity index (χ0v) is 7.77. The second-order valence-electron chi connectivity index (χ2n) is 2.19. The normalized spacial score (nSPS) is 13.5. The summed E-state index contributed by atoms with van der Waals surface area (Å²) in [6.07, 6.45) is 9.72. The lowest BCUT2D eigenvalue weighted by molar-refractivity contribution is -0.132. The van der Waals surface area contributed by atoms with E-state index in [0.717, 1.165) is 0 Å². The SMILES string of the molecule is C\C=C/C=C(\N=C\C=C\C)C(=O)O. The van der Waals surface area contributed by atoms with E-state index in [1.807, 2.05) is 13.8 Å². The summed E-state index contributed by atoms with van der Waals surface area (Å²) in [4.78, 5) is 14.3. The average Bonchev–Trinajstić information content (AvgIpc) is 2.10. The molecule has 0 saturated carbocycles. The van der Waals surface area contributed by atoms with Crippen LogP contribution in [0.1, 0.15) is 13.8 Å². The molecule has 0 aromatic rings. The summed E-state index contributed by atoms with van der Waals surface area (Å²) in [5.74, 6) is -1.03. The van der Waals surface area contributed by atoms with E-state index in [2.05, 4.69) is 4.99 Å². The molecule has 1 N–H and O–H groups in total. The molecule has 0 unspecified atom stereocenters. The highest BCUT2D eigenvalue weighted by Gasteiger charge is 2.00. The van der Waals surface area contributed by atoms with Gasteiger partial charge in [-0.15, -0.1) is 0 Å². The van der Waals surface area contributed by atoms with Crippen molar-refractivity contribution in [3.63, 3.8) is 0 Å². The molecule has 0 bridgehead atoms. The molecular formula is C10H13NO2. The predicted octanol–water partition coefficient (Wildman–Crippen LogP) is 2.18. The molecule has 3 nitrogen and oxygen atoms in total. The molecule has 0 aromatic heterocycles. The van der Waals surface area contributed by atoms with Crippen LogP contribution in [0.5, 0.6) is 0 Å². The van der Waals surface area contributed by atoms with Gasteiger partial charge in [-0.1, -0.05) is 18.2 Å². The number of carboxylic acids is 1. The van der Waals surface area contributed by atoms with Gasteiger partial charge >= 0.3 is 5.97 Å². The quantitative estimate of drug-likeness (QED) is 0.408. The molecular weight excluding hydrogens is 166 g/mol. The number of aliphatic carboxylic acids is 1. The molecule has 0 spiro atoms. The molecule has 0 amide bonds. The topological polar surface area (TPSA) is 49.7 Å². The molecule has 0 aliphatic rings. The Morgan fingerprint density at radius 2 is 1.85 bits per heavy atom. The number of rotatable bonds is 4. The van der Waals surface area contributed by atoms with E-state index in [0.29, 0.717) is 0 Å². The summed E-state index contributed by atoms with van der Waals surface area (Å²) >= 11 is 0. The minimum absolute atomic E-state index is 0.0243. The summed E-state index contributed by atoms with van der Waals surface area (Å²) < 4.78 is 0. The third-order valence-electron chi connectivity index (χ3n) is 1.16. The van der Waals surface area contributed by atoms with Gasteiger partial charge in [0.15, 0.2) is 0 Å². The lowest BCUT2D eigenvalue weighted by atomic mass is 10.4. The zero-order chi connectivity index (χ0) is 10.1. The third-order valence-corrected chi connectivity index (χ3v) is 1.16. The van der Waals surface area contributed by atoms with Crippen molar-refractivity contribution in [2.75, 3.05) is 0 Å². The van der Waals surface area contributed by atoms with Crippen LogP contribution in [0.2, 0.25) is 0 Å². The second kappa shape index (κ2) is 7.03. The Labute approximate surface area is 77.8 Å². The summed E-state index contributed by atoms with van der Waals surface area (Å²) in [5, 5.41) is 8.66. The largest absolute Gasteiger partial charge is 0.477 e. The van der Waals surface area contributed by atoms with Crippen molar-refractivity contribution in [3.8, 4) is 0 Å². The molecule has 0 heterocycles. The van der Waals surface area contributed by atoms with E-state index >= 15 is 0 Å². The second-order valence-corrected chi connectivity index (χ2v) is 2.19. The lowest BCUT2D eigenvalue weighted by Gasteiger charge is -1.89. The van der Waals surface area contributed by atoms with Gasteiger partial charge in [-0.3, -0.25) is 0 Å². The fraction of sp³-hybridized carbons (Fsp3) is 0.200. The number of carbonyl (C=O) groups is 1. The van der Waals surface area contributed by atoms with Crippen LogP contribution in [0.25, 0.3) is 0 Å². The third kappa shape index (κ3) is 5.61. The molecule has 0 aliphatic heterocycles. The Bertz CT molecular complexity index is 273. The first-order valence-corrected chi connectivity index (χ1v) is 3.94. The van der Waals surface area contributed by atoms with E-state index in [-0.39, 0.29) is 5.70 Å². The van der Waals surface area contributed by atoms with Crippen molar-refractivity contribution in [2.24, 2.45) is 4.99 Å². The van der Waals surface area contributed by atoms with Gasteiger partial charge in [-0.05, 0) is 26.0 Å². The van der Waals surface area contributed by atoms with Crippen molar-refractivity contribution in [2.45, 2.75) is 13.8 Å². The molecule has 13 heavy (non-hydrogen) atoms. The summed E-state index contributed by atoms with van der Waals surface area (Å²) in [5.41, 5.74) is 0.0243. The maximum Gasteiger partial charge on any atom is 0.354 e. The van der Waals surface area contributed by atoms with Crippen molar-refractivity contribution in [3.05, 3.63) is 36.1 Å². The van der Waals surface area contributed by atoms with Crippen molar-refractivity contribution < 1.29 is 9.90 Å². The monoisotopic (exact) mass is 179 g/mol. The Morgan fingerprint density at radius 3 is 2.31 bits per heavy atom. The number of allylic oxidation sites excluding steroid dienone is 5. The lowest BCUT2D eigenvalue weighted by Crippen LogP contribution is -1.97. The van der Waals surface area contributed by atoms with Gasteiger partial charge in [0.1, 0.15) is 5.70 Å². The average molecular weight is 179 g/mol. The maximum absolute atomic E-state index is 10.6. The molecule has 0 fully saturated rings. The van der Waals surface area contributed by atoms with Gasteiger partial charge in [-0.2, -0.15) is 0 Å². The Balaban J connectivity index is 4.53. The van der Waals surface area contributed by atoms with Crippen molar-refractivity contribution in [1.29, 1.82) is 0 Å². The summed E-state index contributed by atoms with van der Waals surface area (Å²) in [6.45, 7) is 3.65. The maximum atomic E-state index is 10.6. The Kier molecular flexibility index (Phi) is 6.15. The number of hydrogen-bond acceptors (Lipinski definition) is 2. The molecule has 70 valence electrons. The van der Waals surface area contributed by atoms with Crippen molar-refractivity contribution in [1.82, 2.24) is 0 Å². The molecule has 0 saturated heterocycles. The van der Waals surface area contributed by atoms with Crippen LogP contribution < -0.4 is 0 Å². The highest BCUT2D eigenvalue weighted by Crippen LogP contribution is 1.96. The molecule has 0 atom stereocenters. The predicted molar refractivity (Wildman–Crippen MR) is 53.8 cm³/mol. The molecule has 0 aliphatic carbocycles. The van der Waals surface area contributed by atoms with Gasteiger partial charge in [0, 0.05) is 6.21 Å². The standard InChI is InChI=1S/C10H13NO2/c1-3-5-7-9(10(12)13)11-8-6-4-2/h3-8H,1-2H3,(H,12,13)/b5-3-,6-4+,9-7-,11-8+. The van der Waals surface area contributed by atoms with E-state index in [9.17, 15) is 4.79 Å². The smallest absolute Gasteiger partial charge is 0.354 e. The number of nitrogens with zero attached hydrogens (tertiary/aromatic N) is 1. The zero-order valence-electron chi connectivity index (χ0n) is 7.77. The Hall–Kier alpha value is -1.64. The van der Waals surface area contributed by atoms with Gasteiger partial charge in [0.2, 0.25) is 0 Å². The Morgan fingerprint density at radius 1 is 1.23 bits per heavy atom. The van der Waals surface area contributed by atoms with Crippen LogP contribution in [0.4, 0.5) is 0 Å². The number of carboxylic acid groups (broad SMARTS) is 1. The molecule has 0 aromatic carbocycles. The van der Waals surface area contributed by atoms with E-state index in [1.165, 1.54) is 12.3 Å². The van der Waals surface area contributed by atoms with Crippen molar-refractivity contribution >= 4 is 12.2 Å². The van der Waals surface area contributed by atoms with Gasteiger partial charge in [0.05, 0.1) is 0 Å². The van der Waals surface area contributed by atoms with Crippen LogP contribution in [0.15, 0.2) is 41.1 Å². The van der Waals surface area contributed by atoms with Crippen LogP contribution in [0, 0.1) is 0 Å². The van der Waals surface area contributed by atoms with Gasteiger partial charge in [0.25, 0.3) is 0 Å². The number of hydrogen-bond donors (Lipinski definition) is 1. The molecule has 0 radical (unpaired) electrons. The van der Waals surface area contributed by atoms with E-state index < -0.39 is 5.97 Å². The van der Waals surface area contributed by atoms with Crippen LogP contribution in [0.3, 0.4) is 0 Å². The first-order chi connectivity index (χ1) is 6.22. The highest BCUT2D eigenvalue weighted by atomic mass is 16.4. The van der Waals surface area contributed by atoms with E-state index in [1.54, 1.807) is 24.3 Å². The van der Waals surface area contributed by atoms with E-state index in [4.69, 9.17) is 5.11 Å². The first-order valence-electron chi connectivity index (χ1n) is 3.94. The number of aliphatic imine (C=N–C) groups is 1. The molecule has 0 rings (SSSR count). The van der Waals surface area contributed by atoms with Gasteiger partial charge < -0.3 is 5.11 Å². The minimum atomic E-state index is -1.03.